The summed E-state index contributed by atoms with van der Waals surface area (Å²) in [7, 11) is 3.37. The lowest BCUT2D eigenvalue weighted by atomic mass is 11.0. The molecule has 0 radical (unpaired) electrons. The summed E-state index contributed by atoms with van der Waals surface area (Å²) in [6.07, 6.45) is 3.14. The van der Waals surface area contributed by atoms with Crippen LogP contribution in [0.5, 0.6) is 0 Å². The minimum Gasteiger partial charge on any atom is -0.338 e. The summed E-state index contributed by atoms with van der Waals surface area (Å²) in [6.45, 7) is 0. The molecular formula is C5H8N4OS. The van der Waals surface area contributed by atoms with E-state index >= 15 is 0 Å². The van der Waals surface area contributed by atoms with Crippen molar-refractivity contribution in [1.82, 2.24) is 19.3 Å². The molecule has 1 rings (SSSR count). The average Bonchev–Trinajstić information content (AvgIpc) is 2.39. The van der Waals surface area contributed by atoms with E-state index in [1.807, 2.05) is 0 Å². The molecule has 60 valence electrons. The Hall–Kier alpha value is -1.04. The van der Waals surface area contributed by atoms with Crippen molar-refractivity contribution in [2.45, 2.75) is 0 Å². The van der Waals surface area contributed by atoms with E-state index < -0.39 is 0 Å². The fourth-order valence-corrected chi connectivity index (χ4v) is 0.925. The first kappa shape index (κ1) is 8.06. The Morgan fingerprint density at radius 1 is 1.64 bits per heavy atom. The molecule has 0 spiro atoms. The lowest BCUT2D eigenvalue weighted by Crippen LogP contribution is -2.17. The van der Waals surface area contributed by atoms with Crippen LogP contribution in [-0.2, 0) is 0 Å². The van der Waals surface area contributed by atoms with Crippen molar-refractivity contribution in [3.63, 3.8) is 0 Å². The second kappa shape index (κ2) is 3.38. The third-order valence-corrected chi connectivity index (χ3v) is 1.84. The molecule has 0 unspecified atom stereocenters. The summed E-state index contributed by atoms with van der Waals surface area (Å²) in [5, 5.41) is 7.10. The topological polar surface area (TPSA) is 51.0 Å². The quantitative estimate of drug-likeness (QED) is 0.617. The molecule has 0 atom stereocenters. The molecule has 11 heavy (non-hydrogen) atoms. The van der Waals surface area contributed by atoms with E-state index in [1.54, 1.807) is 20.3 Å². The van der Waals surface area contributed by atoms with Gasteiger partial charge in [-0.05, 0) is 0 Å². The maximum Gasteiger partial charge on any atom is 0.303 e. The molecule has 0 aliphatic carbocycles. The van der Waals surface area contributed by atoms with E-state index in [0.717, 1.165) is 11.9 Å². The van der Waals surface area contributed by atoms with Gasteiger partial charge >= 0.3 is 5.24 Å². The number of rotatable bonds is 1. The lowest BCUT2D eigenvalue weighted by molar-refractivity contribution is 0.241. The van der Waals surface area contributed by atoms with Gasteiger partial charge in [-0.25, -0.2) is 0 Å². The highest BCUT2D eigenvalue weighted by atomic mass is 32.2. The van der Waals surface area contributed by atoms with Crippen LogP contribution in [-0.4, -0.2) is 38.6 Å². The zero-order valence-electron chi connectivity index (χ0n) is 6.26. The van der Waals surface area contributed by atoms with Gasteiger partial charge in [-0.1, -0.05) is 5.21 Å². The Kier molecular flexibility index (Phi) is 2.48. The number of hydrogen-bond donors (Lipinski definition) is 0. The average molecular weight is 172 g/mol. The minimum atomic E-state index is -0.0736. The minimum absolute atomic E-state index is 0.0736. The third-order valence-electron chi connectivity index (χ3n) is 0.937. The van der Waals surface area contributed by atoms with Gasteiger partial charge in [-0.3, -0.25) is 4.79 Å². The van der Waals surface area contributed by atoms with Crippen molar-refractivity contribution < 1.29 is 4.79 Å². The molecular weight excluding hydrogens is 164 g/mol. The van der Waals surface area contributed by atoms with Gasteiger partial charge in [-0.15, -0.1) is 5.10 Å². The first-order chi connectivity index (χ1) is 5.20. The van der Waals surface area contributed by atoms with Crippen LogP contribution in [0.15, 0.2) is 12.4 Å². The van der Waals surface area contributed by atoms with Crippen LogP contribution in [0.2, 0.25) is 0 Å². The van der Waals surface area contributed by atoms with Crippen LogP contribution in [0.25, 0.3) is 0 Å². The second-order valence-corrected chi connectivity index (χ2v) is 2.96. The molecule has 0 aromatic carbocycles. The van der Waals surface area contributed by atoms with Crippen LogP contribution >= 0.6 is 11.9 Å². The van der Waals surface area contributed by atoms with Gasteiger partial charge in [-0.2, -0.15) is 4.09 Å². The summed E-state index contributed by atoms with van der Waals surface area (Å²) >= 11 is 0.988. The highest BCUT2D eigenvalue weighted by Gasteiger charge is 2.05. The fourth-order valence-electron chi connectivity index (χ4n) is 0.408. The van der Waals surface area contributed by atoms with Crippen LogP contribution in [0, 0.1) is 0 Å². The van der Waals surface area contributed by atoms with E-state index in [4.69, 9.17) is 0 Å². The molecule has 0 aliphatic heterocycles. The predicted octanol–water partition coefficient (Wildman–Crippen LogP) is 0.456. The highest BCUT2D eigenvalue weighted by Crippen LogP contribution is 2.06. The van der Waals surface area contributed by atoms with Crippen LogP contribution in [0.3, 0.4) is 0 Å². The molecule has 5 nitrogen and oxygen atoms in total. The van der Waals surface area contributed by atoms with Crippen molar-refractivity contribution in [1.29, 1.82) is 0 Å². The van der Waals surface area contributed by atoms with Gasteiger partial charge in [0, 0.05) is 14.1 Å². The number of carbonyl (C=O) groups is 1. The highest BCUT2D eigenvalue weighted by molar-refractivity contribution is 8.12. The number of amides is 1. The summed E-state index contributed by atoms with van der Waals surface area (Å²) in [5.41, 5.74) is 0. The summed E-state index contributed by atoms with van der Waals surface area (Å²) in [5.74, 6) is 0. The SMILES string of the molecule is CN(C)C(=O)Sn1ccnn1. The Labute approximate surface area is 68.5 Å². The van der Waals surface area contributed by atoms with Gasteiger partial charge in [0.15, 0.2) is 0 Å². The molecule has 1 aromatic rings. The van der Waals surface area contributed by atoms with Crippen molar-refractivity contribution in [3.05, 3.63) is 12.4 Å². The Morgan fingerprint density at radius 2 is 2.36 bits per heavy atom. The van der Waals surface area contributed by atoms with Crippen molar-refractivity contribution >= 4 is 17.2 Å². The third kappa shape index (κ3) is 2.23. The Bertz CT molecular complexity index is 233. The van der Waals surface area contributed by atoms with Gasteiger partial charge < -0.3 is 4.90 Å². The van der Waals surface area contributed by atoms with E-state index in [0.29, 0.717) is 0 Å². The lowest BCUT2D eigenvalue weighted by Gasteiger charge is -2.07. The monoisotopic (exact) mass is 172 g/mol. The molecule has 1 heterocycles. The molecule has 0 N–H and O–H groups in total. The van der Waals surface area contributed by atoms with Crippen molar-refractivity contribution in [2.24, 2.45) is 0 Å². The van der Waals surface area contributed by atoms with Gasteiger partial charge in [0.25, 0.3) is 0 Å². The van der Waals surface area contributed by atoms with Crippen LogP contribution in [0.4, 0.5) is 4.79 Å². The smallest absolute Gasteiger partial charge is 0.303 e. The molecule has 0 saturated carbocycles. The van der Waals surface area contributed by atoms with Crippen LogP contribution < -0.4 is 0 Å². The number of carbonyl (C=O) groups excluding carboxylic acids is 1. The van der Waals surface area contributed by atoms with Gasteiger partial charge in [0.2, 0.25) is 0 Å². The molecule has 1 amide bonds. The van der Waals surface area contributed by atoms with Crippen LogP contribution in [0.1, 0.15) is 0 Å². The molecule has 0 saturated heterocycles. The molecule has 0 fully saturated rings. The summed E-state index contributed by atoms with van der Waals surface area (Å²) < 4.78 is 1.41. The standard InChI is InChI=1S/C5H8N4OS/c1-8(2)5(10)11-9-4-3-6-7-9/h3-4H,1-2H3. The maximum atomic E-state index is 11.0. The van der Waals surface area contributed by atoms with E-state index in [2.05, 4.69) is 10.3 Å². The number of hydrogen-bond acceptors (Lipinski definition) is 4. The Morgan fingerprint density at radius 3 is 2.82 bits per heavy atom. The molecule has 6 heteroatoms. The normalized spacial score (nSPS) is 9.64. The zero-order chi connectivity index (χ0) is 8.27. The number of aromatic nitrogens is 3. The van der Waals surface area contributed by atoms with E-state index in [1.165, 1.54) is 15.2 Å². The second-order valence-electron chi connectivity index (χ2n) is 2.06. The Balaban J connectivity index is 2.50. The molecule has 1 aromatic heterocycles. The molecule has 0 bridgehead atoms. The fraction of sp³-hybridized carbons (Fsp3) is 0.400. The zero-order valence-corrected chi connectivity index (χ0v) is 7.08. The van der Waals surface area contributed by atoms with Gasteiger partial charge in [0.05, 0.1) is 24.3 Å². The molecule has 0 aliphatic rings. The summed E-state index contributed by atoms with van der Waals surface area (Å²) in [6, 6.07) is 0. The van der Waals surface area contributed by atoms with E-state index in [-0.39, 0.29) is 5.24 Å². The first-order valence-corrected chi connectivity index (χ1v) is 3.73. The summed E-state index contributed by atoms with van der Waals surface area (Å²) in [4.78, 5) is 12.5. The largest absolute Gasteiger partial charge is 0.338 e. The number of nitrogens with zero attached hydrogens (tertiary/aromatic N) is 4. The van der Waals surface area contributed by atoms with Crippen molar-refractivity contribution in [3.8, 4) is 0 Å². The maximum absolute atomic E-state index is 11.0. The van der Waals surface area contributed by atoms with Crippen molar-refractivity contribution in [2.75, 3.05) is 14.1 Å². The van der Waals surface area contributed by atoms with Gasteiger partial charge in [0.1, 0.15) is 0 Å². The predicted molar refractivity (Wildman–Crippen MR) is 42.1 cm³/mol. The van der Waals surface area contributed by atoms with E-state index in [9.17, 15) is 4.79 Å². The first-order valence-electron chi connectivity index (χ1n) is 2.96.